The zero-order valence-corrected chi connectivity index (χ0v) is 24.7. The molecule has 0 spiro atoms. The van der Waals surface area contributed by atoms with Gasteiger partial charge in [0, 0.05) is 0 Å². The smallest absolute Gasteiger partial charge is 1.00 e. The second kappa shape index (κ2) is 9.86. The molecule has 0 fully saturated rings. The molecule has 2 aliphatic carbocycles. The summed E-state index contributed by atoms with van der Waals surface area (Å²) >= 11 is -1.84. The zero-order valence-electron chi connectivity index (χ0n) is 17.5. The van der Waals surface area contributed by atoms with Crippen molar-refractivity contribution in [1.29, 1.82) is 0 Å². The molecule has 1 atom stereocenters. The van der Waals surface area contributed by atoms with Gasteiger partial charge in [0.25, 0.3) is 0 Å². The Kier molecular flexibility index (Phi) is 10.2. The van der Waals surface area contributed by atoms with E-state index in [4.69, 9.17) is 0 Å². The average Bonchev–Trinajstić information content (AvgIpc) is 2.92. The van der Waals surface area contributed by atoms with Crippen molar-refractivity contribution in [2.45, 2.75) is 72.9 Å². The summed E-state index contributed by atoms with van der Waals surface area (Å²) in [5.74, 6) is 0.160. The van der Waals surface area contributed by atoms with Gasteiger partial charge in [-0.3, -0.25) is 0 Å². The minimum atomic E-state index is -1.84. The van der Waals surface area contributed by atoms with Crippen LogP contribution in [0.1, 0.15) is 34.1 Å². The van der Waals surface area contributed by atoms with E-state index in [2.05, 4.69) is 72.6 Å². The summed E-state index contributed by atoms with van der Waals surface area (Å²) in [6, 6.07) is 1.40. The van der Waals surface area contributed by atoms with Crippen LogP contribution in [0.4, 0.5) is 0 Å². The van der Waals surface area contributed by atoms with Crippen LogP contribution >= 0.6 is 0 Å². The van der Waals surface area contributed by atoms with Crippen LogP contribution in [0, 0.1) is 5.92 Å². The third kappa shape index (κ3) is 5.66. The van der Waals surface area contributed by atoms with Crippen molar-refractivity contribution >= 4 is 14.1 Å². The Morgan fingerprint density at radius 3 is 2.04 bits per heavy atom. The molecule has 0 heterocycles. The van der Waals surface area contributed by atoms with Gasteiger partial charge in [-0.05, 0) is 0 Å². The van der Waals surface area contributed by atoms with Gasteiger partial charge in [-0.25, -0.2) is 0 Å². The third-order valence-electron chi connectivity index (χ3n) is 5.58. The van der Waals surface area contributed by atoms with Crippen LogP contribution in [-0.2, 0) is 20.6 Å². The van der Waals surface area contributed by atoms with Crippen molar-refractivity contribution in [3.8, 4) is 0 Å². The van der Waals surface area contributed by atoms with E-state index in [-0.39, 0.29) is 24.8 Å². The molecule has 0 aromatic rings. The SMILES string of the molecule is CC1=C(C)C(C)[C]([Hf+2]([C]2=C(C[Si](C)(C)C)C=CC2)[SiH](C)C)=C1C.[Cl-].[Cl-]. The van der Waals surface area contributed by atoms with Crippen LogP contribution in [-0.4, -0.2) is 14.1 Å². The van der Waals surface area contributed by atoms with Gasteiger partial charge in [-0.15, -0.1) is 0 Å². The summed E-state index contributed by atoms with van der Waals surface area (Å²) in [5.41, 5.74) is 6.77. The maximum Gasteiger partial charge on any atom is -1.00 e. The van der Waals surface area contributed by atoms with E-state index in [0.29, 0.717) is 0 Å². The molecule has 0 radical (unpaired) electrons. The van der Waals surface area contributed by atoms with Crippen LogP contribution in [0.2, 0.25) is 38.8 Å². The van der Waals surface area contributed by atoms with Gasteiger partial charge >= 0.3 is 155 Å². The van der Waals surface area contributed by atoms with E-state index in [1.54, 1.807) is 22.3 Å². The van der Waals surface area contributed by atoms with Crippen molar-refractivity contribution in [3.63, 3.8) is 0 Å². The molecule has 2 rings (SSSR count). The van der Waals surface area contributed by atoms with Crippen molar-refractivity contribution in [1.82, 2.24) is 0 Å². The van der Waals surface area contributed by atoms with Gasteiger partial charge in [-0.1, -0.05) is 0 Å². The Bertz CT molecular complexity index is 622. The molecule has 25 heavy (non-hydrogen) atoms. The second-order valence-electron chi connectivity index (χ2n) is 8.98. The Labute approximate surface area is 178 Å². The fourth-order valence-corrected chi connectivity index (χ4v) is 37.0. The number of rotatable bonds is 5. The molecule has 0 N–H and O–H groups in total. The second-order valence-corrected chi connectivity index (χ2v) is 41.0. The molecule has 5 heteroatoms. The first-order valence-corrected chi connectivity index (χ1v) is 25.6. The minimum absolute atomic E-state index is 0. The molecule has 0 saturated carbocycles. The van der Waals surface area contributed by atoms with Crippen LogP contribution < -0.4 is 24.8 Å². The standard InChI is InChI=1S/C9H15Si.C9H13.C2H7Si.2ClH.Hf/c1-10(2,3)8-9-6-4-5-7-9;1-6-5-7(2)9(4)8(6)3;1-3-2;;;/h4,6H,5,8H2,1-3H3;6H,1-4H3;3H,1-2H3;2*1H;/q;;;;;+2/p-2. The summed E-state index contributed by atoms with van der Waals surface area (Å²) in [7, 11) is -1.03. The zero-order chi connectivity index (χ0) is 17.5. The summed E-state index contributed by atoms with van der Waals surface area (Å²) in [6.07, 6.45) is 6.29. The molecule has 2 aliphatic rings. The Hall–Kier alpha value is 0.844. The fourth-order valence-electron chi connectivity index (χ4n) is 4.19. The monoisotopic (exact) mass is 581 g/mol. The summed E-state index contributed by atoms with van der Waals surface area (Å²) < 4.78 is 3.99. The fraction of sp³-hybridized carbons (Fsp3) is 0.600. The molecule has 0 aromatic heterocycles. The molecule has 0 bridgehead atoms. The van der Waals surface area contributed by atoms with E-state index in [9.17, 15) is 0 Å². The van der Waals surface area contributed by atoms with Crippen molar-refractivity contribution in [2.75, 3.05) is 0 Å². The molecule has 141 valence electrons. The Morgan fingerprint density at radius 2 is 1.64 bits per heavy atom. The van der Waals surface area contributed by atoms with Crippen LogP contribution in [0.25, 0.3) is 0 Å². The van der Waals surface area contributed by atoms with E-state index in [1.165, 1.54) is 12.5 Å². The Morgan fingerprint density at radius 1 is 1.08 bits per heavy atom. The van der Waals surface area contributed by atoms with Crippen LogP contribution in [0.3, 0.4) is 0 Å². The summed E-state index contributed by atoms with van der Waals surface area (Å²) in [4.78, 5) is 0. The molecular formula is C20H35Cl2HfSi2. The van der Waals surface area contributed by atoms with Gasteiger partial charge < -0.3 is 24.8 Å². The van der Waals surface area contributed by atoms with Crippen LogP contribution in [0.5, 0.6) is 0 Å². The van der Waals surface area contributed by atoms with E-state index in [0.717, 1.165) is 5.92 Å². The topological polar surface area (TPSA) is 0 Å². The first kappa shape index (κ1) is 25.8. The Balaban J connectivity index is 0.00000288. The number of hydrogen-bond acceptors (Lipinski definition) is 0. The molecule has 0 aliphatic heterocycles. The largest absolute Gasteiger partial charge is 1.00 e. The normalized spacial score (nSPS) is 20.5. The third-order valence-corrected chi connectivity index (χ3v) is 35.2. The maximum absolute atomic E-state index is 2.65. The van der Waals surface area contributed by atoms with E-state index < -0.39 is 34.7 Å². The maximum atomic E-state index is 2.65. The van der Waals surface area contributed by atoms with Gasteiger partial charge in [-0.2, -0.15) is 0 Å². The summed E-state index contributed by atoms with van der Waals surface area (Å²) in [5, 5.41) is 0. The first-order valence-electron chi connectivity index (χ1n) is 9.19. The van der Waals surface area contributed by atoms with E-state index >= 15 is 0 Å². The molecule has 0 aromatic carbocycles. The van der Waals surface area contributed by atoms with Gasteiger partial charge in [0.05, 0.1) is 0 Å². The van der Waals surface area contributed by atoms with E-state index in [1.807, 2.05) is 6.66 Å². The predicted octanol–water partition coefficient (Wildman–Crippen LogP) is 0.408. The molecular weight excluding hydrogens is 546 g/mol. The molecule has 1 unspecified atom stereocenters. The quantitative estimate of drug-likeness (QED) is 0.414. The van der Waals surface area contributed by atoms with Crippen molar-refractivity contribution < 1.29 is 45.4 Å². The predicted molar refractivity (Wildman–Crippen MR) is 108 cm³/mol. The van der Waals surface area contributed by atoms with Crippen LogP contribution in [0.15, 0.2) is 41.1 Å². The number of allylic oxidation sites excluding steroid dienone is 8. The van der Waals surface area contributed by atoms with Gasteiger partial charge in [0.1, 0.15) is 0 Å². The minimum Gasteiger partial charge on any atom is -1.00 e. The first-order chi connectivity index (χ1) is 10.5. The molecule has 0 nitrogen and oxygen atoms in total. The van der Waals surface area contributed by atoms with Gasteiger partial charge in [0.15, 0.2) is 0 Å². The van der Waals surface area contributed by atoms with Crippen molar-refractivity contribution in [3.05, 3.63) is 41.1 Å². The number of hydrogen-bond donors (Lipinski definition) is 0. The molecule has 0 saturated heterocycles. The van der Waals surface area contributed by atoms with Gasteiger partial charge in [0.2, 0.25) is 0 Å². The average molecular weight is 581 g/mol. The molecule has 0 amide bonds. The summed E-state index contributed by atoms with van der Waals surface area (Å²) in [6.45, 7) is 22.5. The van der Waals surface area contributed by atoms with Crippen molar-refractivity contribution in [2.24, 2.45) is 5.92 Å². The number of halogens is 2.